The second-order valence-corrected chi connectivity index (χ2v) is 3.79. The van der Waals surface area contributed by atoms with E-state index in [0.29, 0.717) is 12.6 Å². The Kier molecular flexibility index (Phi) is 2.86. The molecular weight excluding hydrogens is 178 g/mol. The fourth-order valence-corrected chi connectivity index (χ4v) is 2.05. The Morgan fingerprint density at radius 2 is 1.60 bits per heavy atom. The molecule has 0 nitrogen and oxygen atoms in total. The van der Waals surface area contributed by atoms with Crippen LogP contribution < -0.4 is 0 Å². The van der Waals surface area contributed by atoms with Gasteiger partial charge in [-0.05, 0) is 34.4 Å². The molecule has 0 heterocycles. The molecule has 0 amide bonds. The van der Waals surface area contributed by atoms with E-state index in [1.54, 1.807) is 0 Å². The predicted molar refractivity (Wildman–Crippen MR) is 67.6 cm³/mol. The van der Waals surface area contributed by atoms with E-state index in [0.717, 1.165) is 0 Å². The molecule has 2 rings (SSSR count). The van der Waals surface area contributed by atoms with Crippen molar-refractivity contribution in [3.63, 3.8) is 0 Å². The fourth-order valence-electron chi connectivity index (χ4n) is 2.05. The van der Waals surface area contributed by atoms with Crippen molar-refractivity contribution in [3.8, 4) is 0 Å². The molecule has 0 aliphatic rings. The molecule has 0 N–H and O–H groups in total. The molecule has 0 saturated heterocycles. The van der Waals surface area contributed by atoms with Gasteiger partial charge in [0.15, 0.2) is 0 Å². The van der Waals surface area contributed by atoms with Gasteiger partial charge in [0.25, 0.3) is 0 Å². The molecule has 2 aromatic carbocycles. The Bertz CT molecular complexity index is 479. The molecule has 0 spiro atoms. The van der Waals surface area contributed by atoms with Gasteiger partial charge in [0.1, 0.15) is 0 Å². The maximum Gasteiger partial charge on any atom is 0.0716 e. The van der Waals surface area contributed by atoms with Crippen LogP contribution >= 0.6 is 0 Å². The Morgan fingerprint density at radius 3 is 2.27 bits per heavy atom. The molecule has 2 aromatic rings. The fraction of sp³-hybridized carbons (Fsp3) is 0.231. The third kappa shape index (κ3) is 1.69. The summed E-state index contributed by atoms with van der Waals surface area (Å²) in [6, 6.07) is 10.5. The van der Waals surface area contributed by atoms with E-state index in [2.05, 4.69) is 37.3 Å². The lowest BCUT2D eigenvalue weighted by Gasteiger charge is -2.11. The Labute approximate surface area is 93.5 Å². The van der Waals surface area contributed by atoms with Gasteiger partial charge in [-0.3, -0.25) is 0 Å². The lowest BCUT2D eigenvalue weighted by atomic mass is 9.85. The monoisotopic (exact) mass is 190 g/mol. The summed E-state index contributed by atoms with van der Waals surface area (Å²) in [5.74, 6) is 0. The van der Waals surface area contributed by atoms with E-state index in [1.807, 2.05) is 0 Å². The van der Waals surface area contributed by atoms with E-state index in [4.69, 9.17) is 15.7 Å². The molecular formula is C13H12B2. The third-order valence-electron chi connectivity index (χ3n) is 2.87. The van der Waals surface area contributed by atoms with Crippen molar-refractivity contribution in [1.82, 2.24) is 0 Å². The highest BCUT2D eigenvalue weighted by Crippen LogP contribution is 2.26. The maximum absolute atomic E-state index is 5.75. The molecule has 0 atom stereocenters. The minimum Gasteiger partial charge on any atom is -0.0637 e. The summed E-state index contributed by atoms with van der Waals surface area (Å²) in [5.41, 5.74) is 3.63. The quantitative estimate of drug-likeness (QED) is 0.638. The largest absolute Gasteiger partial charge is 0.0716 e. The van der Waals surface area contributed by atoms with Gasteiger partial charge in [0.05, 0.1) is 15.7 Å². The summed E-state index contributed by atoms with van der Waals surface area (Å²) < 4.78 is 0. The van der Waals surface area contributed by atoms with Crippen LogP contribution in [-0.4, -0.2) is 15.7 Å². The number of fused-ring (bicyclic) bond motifs is 1. The van der Waals surface area contributed by atoms with Crippen LogP contribution in [0.15, 0.2) is 30.3 Å². The van der Waals surface area contributed by atoms with Gasteiger partial charge in [-0.25, -0.2) is 0 Å². The zero-order chi connectivity index (χ0) is 10.8. The average molecular weight is 190 g/mol. The first-order valence-electron chi connectivity index (χ1n) is 5.18. The summed E-state index contributed by atoms with van der Waals surface area (Å²) in [7, 11) is 11.5. The molecule has 70 valence electrons. The zero-order valence-electron chi connectivity index (χ0n) is 8.96. The van der Waals surface area contributed by atoms with Gasteiger partial charge < -0.3 is 0 Å². The zero-order valence-corrected chi connectivity index (χ0v) is 8.96. The van der Waals surface area contributed by atoms with Crippen LogP contribution in [0.5, 0.6) is 0 Å². The first-order chi connectivity index (χ1) is 7.27. The summed E-state index contributed by atoms with van der Waals surface area (Å²) in [6.07, 6.45) is 1.13. The molecule has 2 heteroatoms. The lowest BCUT2D eigenvalue weighted by molar-refractivity contribution is 1.36. The average Bonchev–Trinajstić information content (AvgIpc) is 2.29. The molecule has 0 aliphatic heterocycles. The van der Waals surface area contributed by atoms with E-state index >= 15 is 0 Å². The molecule has 4 radical (unpaired) electrons. The van der Waals surface area contributed by atoms with Crippen molar-refractivity contribution in [1.29, 1.82) is 0 Å². The van der Waals surface area contributed by atoms with E-state index in [1.165, 1.54) is 27.5 Å². The standard InChI is InChI=1S/C13H12B2/c1-9-5-6-11(8-15)13-10(7-14)3-2-4-12(9)13/h2-6H,7-8H2,1H3. The maximum atomic E-state index is 5.75. The number of rotatable bonds is 2. The molecule has 0 bridgehead atoms. The summed E-state index contributed by atoms with van der Waals surface area (Å²) in [4.78, 5) is 0. The lowest BCUT2D eigenvalue weighted by Crippen LogP contribution is -1.94. The van der Waals surface area contributed by atoms with E-state index in [-0.39, 0.29) is 0 Å². The van der Waals surface area contributed by atoms with Crippen molar-refractivity contribution in [3.05, 3.63) is 47.0 Å². The molecule has 0 unspecified atom stereocenters. The van der Waals surface area contributed by atoms with Gasteiger partial charge >= 0.3 is 0 Å². The van der Waals surface area contributed by atoms with Gasteiger partial charge in [-0.2, -0.15) is 0 Å². The van der Waals surface area contributed by atoms with E-state index in [9.17, 15) is 0 Å². The minimum absolute atomic E-state index is 0.563. The second kappa shape index (κ2) is 4.14. The summed E-state index contributed by atoms with van der Waals surface area (Å²) in [6.45, 7) is 2.11. The topological polar surface area (TPSA) is 0 Å². The normalized spacial score (nSPS) is 10.7. The Balaban J connectivity index is 2.87. The molecule has 0 aromatic heterocycles. The number of benzene rings is 2. The SMILES string of the molecule is [B]Cc1cccc2c(C)ccc(C[B])c12. The number of aryl methyl sites for hydroxylation is 1. The van der Waals surface area contributed by atoms with Crippen molar-refractivity contribution in [2.45, 2.75) is 19.6 Å². The molecule has 15 heavy (non-hydrogen) atoms. The molecule has 0 aliphatic carbocycles. The van der Waals surface area contributed by atoms with Crippen molar-refractivity contribution >= 4 is 26.5 Å². The van der Waals surface area contributed by atoms with Crippen molar-refractivity contribution in [2.75, 3.05) is 0 Å². The van der Waals surface area contributed by atoms with Crippen LogP contribution in [0.4, 0.5) is 0 Å². The Hall–Kier alpha value is -1.17. The van der Waals surface area contributed by atoms with Crippen LogP contribution in [0.25, 0.3) is 10.8 Å². The van der Waals surface area contributed by atoms with Crippen LogP contribution in [0.1, 0.15) is 16.7 Å². The van der Waals surface area contributed by atoms with E-state index < -0.39 is 0 Å². The van der Waals surface area contributed by atoms with Gasteiger partial charge in [0.2, 0.25) is 0 Å². The van der Waals surface area contributed by atoms with Crippen molar-refractivity contribution in [2.24, 2.45) is 0 Å². The first kappa shape index (κ1) is 10.4. The highest BCUT2D eigenvalue weighted by Gasteiger charge is 2.05. The van der Waals surface area contributed by atoms with Crippen LogP contribution in [0.3, 0.4) is 0 Å². The number of hydrogen-bond donors (Lipinski definition) is 0. The minimum atomic E-state index is 0.563. The molecule has 0 fully saturated rings. The van der Waals surface area contributed by atoms with Crippen LogP contribution in [0.2, 0.25) is 0 Å². The first-order valence-corrected chi connectivity index (χ1v) is 5.18. The van der Waals surface area contributed by atoms with Crippen LogP contribution in [-0.2, 0) is 12.6 Å². The summed E-state index contributed by atoms with van der Waals surface area (Å²) >= 11 is 0. The predicted octanol–water partition coefficient (Wildman–Crippen LogP) is 2.49. The van der Waals surface area contributed by atoms with Gasteiger partial charge in [-0.1, -0.05) is 43.0 Å². The van der Waals surface area contributed by atoms with Gasteiger partial charge in [0, 0.05) is 0 Å². The highest BCUT2D eigenvalue weighted by molar-refractivity contribution is 6.12. The van der Waals surface area contributed by atoms with Crippen LogP contribution in [0, 0.1) is 6.92 Å². The van der Waals surface area contributed by atoms with Gasteiger partial charge in [-0.15, -0.1) is 0 Å². The third-order valence-corrected chi connectivity index (χ3v) is 2.87. The summed E-state index contributed by atoms with van der Waals surface area (Å²) in [5, 5.41) is 2.50. The molecule has 0 saturated carbocycles. The Morgan fingerprint density at radius 1 is 0.933 bits per heavy atom. The number of hydrogen-bond acceptors (Lipinski definition) is 0. The second-order valence-electron chi connectivity index (χ2n) is 3.79. The smallest absolute Gasteiger partial charge is 0.0637 e. The highest BCUT2D eigenvalue weighted by atomic mass is 14.1. The van der Waals surface area contributed by atoms with Crippen molar-refractivity contribution < 1.29 is 0 Å².